The predicted molar refractivity (Wildman–Crippen MR) is 98.9 cm³/mol. The first-order chi connectivity index (χ1) is 13.2. The molecule has 1 aromatic heterocycles. The molecule has 5 nitrogen and oxygen atoms in total. The molecule has 28 heavy (non-hydrogen) atoms. The zero-order valence-electron chi connectivity index (χ0n) is 15.9. The van der Waals surface area contributed by atoms with Gasteiger partial charge in [-0.3, -0.25) is 4.79 Å². The SMILES string of the molecule is CC1(C)CC2(CCCN2C(=O)c2ccn(C(F)F)n2)CN1c1ccc(F)cc1. The molecule has 2 aliphatic heterocycles. The third kappa shape index (κ3) is 3.04. The maximum Gasteiger partial charge on any atom is 0.333 e. The van der Waals surface area contributed by atoms with Gasteiger partial charge in [-0.05, 0) is 63.4 Å². The van der Waals surface area contributed by atoms with Crippen LogP contribution in [-0.4, -0.2) is 44.8 Å². The van der Waals surface area contributed by atoms with E-state index < -0.39 is 6.55 Å². The van der Waals surface area contributed by atoms with Crippen LogP contribution in [0.1, 0.15) is 50.1 Å². The number of anilines is 1. The van der Waals surface area contributed by atoms with E-state index >= 15 is 0 Å². The number of hydrogen-bond donors (Lipinski definition) is 0. The summed E-state index contributed by atoms with van der Waals surface area (Å²) in [4.78, 5) is 17.1. The topological polar surface area (TPSA) is 41.4 Å². The molecule has 150 valence electrons. The summed E-state index contributed by atoms with van der Waals surface area (Å²) in [6.45, 7) is 2.64. The zero-order valence-corrected chi connectivity index (χ0v) is 15.9. The summed E-state index contributed by atoms with van der Waals surface area (Å²) in [6, 6.07) is 7.72. The van der Waals surface area contributed by atoms with Gasteiger partial charge < -0.3 is 9.80 Å². The molecule has 0 radical (unpaired) electrons. The third-order valence-electron chi connectivity index (χ3n) is 5.95. The van der Waals surface area contributed by atoms with Crippen LogP contribution in [0.5, 0.6) is 0 Å². The first-order valence-corrected chi connectivity index (χ1v) is 9.40. The first-order valence-electron chi connectivity index (χ1n) is 9.40. The Kier molecular flexibility index (Phi) is 4.39. The van der Waals surface area contributed by atoms with E-state index in [-0.39, 0.29) is 28.5 Å². The van der Waals surface area contributed by atoms with Crippen LogP contribution in [0, 0.1) is 5.82 Å². The lowest BCUT2D eigenvalue weighted by molar-refractivity contribution is 0.0529. The quantitative estimate of drug-likeness (QED) is 0.790. The highest BCUT2D eigenvalue weighted by molar-refractivity contribution is 5.93. The van der Waals surface area contributed by atoms with Gasteiger partial charge in [-0.25, -0.2) is 9.07 Å². The Morgan fingerprint density at radius 3 is 2.54 bits per heavy atom. The van der Waals surface area contributed by atoms with Crippen molar-refractivity contribution >= 4 is 11.6 Å². The van der Waals surface area contributed by atoms with Gasteiger partial charge in [0.25, 0.3) is 5.91 Å². The molecule has 2 saturated heterocycles. The number of likely N-dealkylation sites (tertiary alicyclic amines) is 1. The van der Waals surface area contributed by atoms with Crippen molar-refractivity contribution in [2.24, 2.45) is 0 Å². The van der Waals surface area contributed by atoms with Gasteiger partial charge in [-0.2, -0.15) is 13.9 Å². The minimum atomic E-state index is -2.77. The zero-order chi connectivity index (χ0) is 20.1. The fourth-order valence-corrected chi connectivity index (χ4v) is 4.83. The average molecular weight is 392 g/mol. The van der Waals surface area contributed by atoms with Crippen LogP contribution in [0.2, 0.25) is 0 Å². The lowest BCUT2D eigenvalue weighted by Gasteiger charge is -2.35. The van der Waals surface area contributed by atoms with Crippen LogP contribution in [0.4, 0.5) is 18.9 Å². The van der Waals surface area contributed by atoms with Crippen LogP contribution in [0.3, 0.4) is 0 Å². The highest BCUT2D eigenvalue weighted by atomic mass is 19.3. The van der Waals surface area contributed by atoms with E-state index in [1.807, 2.05) is 0 Å². The molecule has 1 amide bonds. The molecule has 0 N–H and O–H groups in total. The highest BCUT2D eigenvalue weighted by Crippen LogP contribution is 2.47. The molecule has 0 aliphatic carbocycles. The summed E-state index contributed by atoms with van der Waals surface area (Å²) in [5.41, 5.74) is 0.330. The molecule has 3 heterocycles. The van der Waals surface area contributed by atoms with Gasteiger partial charge in [-0.15, -0.1) is 0 Å². The van der Waals surface area contributed by atoms with Gasteiger partial charge in [0.2, 0.25) is 0 Å². The number of nitrogens with zero attached hydrogens (tertiary/aromatic N) is 4. The molecule has 1 spiro atoms. The second-order valence-electron chi connectivity index (χ2n) is 8.30. The highest BCUT2D eigenvalue weighted by Gasteiger charge is 2.55. The van der Waals surface area contributed by atoms with Crippen LogP contribution in [-0.2, 0) is 0 Å². The van der Waals surface area contributed by atoms with Crippen molar-refractivity contribution in [1.29, 1.82) is 0 Å². The summed E-state index contributed by atoms with van der Waals surface area (Å²) in [5, 5.41) is 3.75. The fourth-order valence-electron chi connectivity index (χ4n) is 4.83. The van der Waals surface area contributed by atoms with Crippen LogP contribution in [0.25, 0.3) is 0 Å². The predicted octanol–water partition coefficient (Wildman–Crippen LogP) is 4.08. The largest absolute Gasteiger partial charge is 0.364 e. The van der Waals surface area contributed by atoms with Gasteiger partial charge >= 0.3 is 6.55 Å². The van der Waals surface area contributed by atoms with Crippen molar-refractivity contribution in [3.05, 3.63) is 48.0 Å². The summed E-state index contributed by atoms with van der Waals surface area (Å²) in [7, 11) is 0. The van der Waals surface area contributed by atoms with Gasteiger partial charge in [0.1, 0.15) is 5.82 Å². The molecule has 2 aromatic rings. The van der Waals surface area contributed by atoms with Crippen molar-refractivity contribution in [3.63, 3.8) is 0 Å². The number of alkyl halides is 2. The minimum Gasteiger partial charge on any atom is -0.364 e. The number of benzene rings is 1. The number of hydrogen-bond acceptors (Lipinski definition) is 3. The van der Waals surface area contributed by atoms with Crippen LogP contribution in [0.15, 0.2) is 36.5 Å². The maximum absolute atomic E-state index is 13.3. The van der Waals surface area contributed by atoms with E-state index in [1.165, 1.54) is 18.2 Å². The lowest BCUT2D eigenvalue weighted by atomic mass is 9.87. The van der Waals surface area contributed by atoms with E-state index in [1.54, 1.807) is 17.0 Å². The van der Waals surface area contributed by atoms with Crippen LogP contribution < -0.4 is 4.90 Å². The van der Waals surface area contributed by atoms with E-state index in [9.17, 15) is 18.0 Å². The average Bonchev–Trinajstić information content (AvgIpc) is 3.33. The number of halogens is 3. The second kappa shape index (κ2) is 6.53. The minimum absolute atomic E-state index is 0.0413. The molecule has 2 fully saturated rings. The molecule has 1 atom stereocenters. The number of carbonyl (C=O) groups excluding carboxylic acids is 1. The van der Waals surface area contributed by atoms with Gasteiger partial charge in [0.15, 0.2) is 5.69 Å². The van der Waals surface area contributed by atoms with Gasteiger partial charge in [0, 0.05) is 30.5 Å². The molecule has 4 rings (SSSR count). The molecule has 0 saturated carbocycles. The fraction of sp³-hybridized carbons (Fsp3) is 0.500. The van der Waals surface area contributed by atoms with Gasteiger partial charge in [-0.1, -0.05) is 0 Å². The summed E-state index contributed by atoms with van der Waals surface area (Å²) >= 11 is 0. The second-order valence-corrected chi connectivity index (χ2v) is 8.30. The molecule has 2 aliphatic rings. The van der Waals surface area contributed by atoms with Gasteiger partial charge in [0.05, 0.1) is 5.54 Å². The molecular formula is C20H23F3N4O. The first kappa shape index (κ1) is 18.8. The Bertz CT molecular complexity index is 880. The molecule has 1 aromatic carbocycles. The van der Waals surface area contributed by atoms with Crippen molar-refractivity contribution in [2.45, 2.75) is 50.7 Å². The Labute approximate surface area is 161 Å². The third-order valence-corrected chi connectivity index (χ3v) is 5.95. The number of amides is 1. The molecular weight excluding hydrogens is 369 g/mol. The van der Waals surface area contributed by atoms with Crippen LogP contribution >= 0.6 is 0 Å². The number of aromatic nitrogens is 2. The summed E-state index contributed by atoms with van der Waals surface area (Å²) in [6.07, 6.45) is 3.58. The Balaban J connectivity index is 1.62. The van der Waals surface area contributed by atoms with E-state index in [0.29, 0.717) is 17.8 Å². The maximum atomic E-state index is 13.3. The summed E-state index contributed by atoms with van der Waals surface area (Å²) in [5.74, 6) is -0.601. The number of rotatable bonds is 3. The van der Waals surface area contributed by atoms with Crippen molar-refractivity contribution < 1.29 is 18.0 Å². The Hall–Kier alpha value is -2.51. The standard InChI is InChI=1S/C20H23F3N4O/c1-19(2)12-20(13-26(19)15-6-4-14(21)5-7-15)9-3-10-25(20)17(28)16-8-11-27(24-16)18(22)23/h4-8,11,18H,3,9-10,12-13H2,1-2H3. The van der Waals surface area contributed by atoms with E-state index in [0.717, 1.165) is 31.1 Å². The van der Waals surface area contributed by atoms with Crippen molar-refractivity contribution in [2.75, 3.05) is 18.0 Å². The van der Waals surface area contributed by atoms with E-state index in [4.69, 9.17) is 0 Å². The number of carbonyl (C=O) groups is 1. The Morgan fingerprint density at radius 2 is 1.89 bits per heavy atom. The van der Waals surface area contributed by atoms with Crippen molar-refractivity contribution in [3.8, 4) is 0 Å². The van der Waals surface area contributed by atoms with Crippen molar-refractivity contribution in [1.82, 2.24) is 14.7 Å². The summed E-state index contributed by atoms with van der Waals surface area (Å²) < 4.78 is 39.5. The smallest absolute Gasteiger partial charge is 0.333 e. The molecule has 8 heteroatoms. The monoisotopic (exact) mass is 392 g/mol. The normalized spacial score (nSPS) is 23.9. The van der Waals surface area contributed by atoms with E-state index in [2.05, 4.69) is 23.8 Å². The molecule has 0 bridgehead atoms. The Morgan fingerprint density at radius 1 is 1.18 bits per heavy atom. The molecule has 1 unspecified atom stereocenters. The lowest BCUT2D eigenvalue weighted by Crippen LogP contribution is -2.49.